The molecule has 2 aromatic rings. The molecule has 5 nitrogen and oxygen atoms in total. The number of anilines is 1. The number of hydrogen-bond acceptors (Lipinski definition) is 4. The Hall–Kier alpha value is -2.31. The standard InChI is InChI=1S/C21H23ClN2O3S/c1-14-5-7-16(22)12-17(14)23-20(25)13-27-18-8-6-15(11-19(18)26-2)21(28)24-9-3-4-10-24/h5-8,11-12H,3-4,9-10,13H2,1-2H3,(H,23,25). The van der Waals surface area contributed by atoms with E-state index in [4.69, 9.17) is 33.3 Å². The first-order valence-electron chi connectivity index (χ1n) is 9.14. The van der Waals surface area contributed by atoms with Crippen molar-refractivity contribution in [2.75, 3.05) is 32.1 Å². The number of amides is 1. The number of thiocarbonyl (C=S) groups is 1. The molecule has 0 aromatic heterocycles. The van der Waals surface area contributed by atoms with Gasteiger partial charge in [0.25, 0.3) is 5.91 Å². The Labute approximate surface area is 175 Å². The second-order valence-electron chi connectivity index (χ2n) is 6.66. The van der Waals surface area contributed by atoms with Crippen LogP contribution in [0.2, 0.25) is 5.02 Å². The van der Waals surface area contributed by atoms with Crippen LogP contribution in [-0.4, -0.2) is 42.6 Å². The first kappa shape index (κ1) is 20.4. The van der Waals surface area contributed by atoms with Crippen molar-refractivity contribution < 1.29 is 14.3 Å². The molecule has 148 valence electrons. The number of aryl methyl sites for hydroxylation is 1. The summed E-state index contributed by atoms with van der Waals surface area (Å²) in [5, 5.41) is 3.37. The Kier molecular flexibility index (Phi) is 6.75. The van der Waals surface area contributed by atoms with Crippen molar-refractivity contribution in [1.29, 1.82) is 0 Å². The monoisotopic (exact) mass is 418 g/mol. The number of ether oxygens (including phenoxy) is 2. The van der Waals surface area contributed by atoms with Gasteiger partial charge in [0.1, 0.15) is 4.99 Å². The van der Waals surface area contributed by atoms with Crippen LogP contribution in [0.4, 0.5) is 5.69 Å². The van der Waals surface area contributed by atoms with Gasteiger partial charge in [-0.05, 0) is 55.7 Å². The van der Waals surface area contributed by atoms with Crippen molar-refractivity contribution in [3.05, 3.63) is 52.5 Å². The van der Waals surface area contributed by atoms with E-state index in [0.29, 0.717) is 22.2 Å². The molecule has 0 radical (unpaired) electrons. The second-order valence-corrected chi connectivity index (χ2v) is 7.48. The zero-order chi connectivity index (χ0) is 20.1. The van der Waals surface area contributed by atoms with Gasteiger partial charge in [0.15, 0.2) is 18.1 Å². The van der Waals surface area contributed by atoms with Gasteiger partial charge in [0.2, 0.25) is 0 Å². The van der Waals surface area contributed by atoms with Gasteiger partial charge >= 0.3 is 0 Å². The lowest BCUT2D eigenvalue weighted by molar-refractivity contribution is -0.118. The van der Waals surface area contributed by atoms with Crippen LogP contribution in [0.5, 0.6) is 11.5 Å². The van der Waals surface area contributed by atoms with Gasteiger partial charge in [-0.3, -0.25) is 4.79 Å². The van der Waals surface area contributed by atoms with Gasteiger partial charge in [0.05, 0.1) is 7.11 Å². The lowest BCUT2D eigenvalue weighted by Gasteiger charge is -2.19. The van der Waals surface area contributed by atoms with Crippen molar-refractivity contribution >= 4 is 40.4 Å². The van der Waals surface area contributed by atoms with Gasteiger partial charge in [-0.15, -0.1) is 0 Å². The average molecular weight is 419 g/mol. The summed E-state index contributed by atoms with van der Waals surface area (Å²) in [5.41, 5.74) is 2.51. The first-order chi connectivity index (χ1) is 13.5. The van der Waals surface area contributed by atoms with Crippen molar-refractivity contribution in [3.8, 4) is 11.5 Å². The van der Waals surface area contributed by atoms with Crippen LogP contribution in [-0.2, 0) is 4.79 Å². The van der Waals surface area contributed by atoms with Gasteiger partial charge in [-0.1, -0.05) is 29.9 Å². The topological polar surface area (TPSA) is 50.8 Å². The van der Waals surface area contributed by atoms with Crippen LogP contribution in [0.25, 0.3) is 0 Å². The molecule has 1 heterocycles. The Morgan fingerprint density at radius 1 is 1.18 bits per heavy atom. The van der Waals surface area contributed by atoms with E-state index in [1.54, 1.807) is 25.3 Å². The number of carbonyl (C=O) groups is 1. The van der Waals surface area contributed by atoms with Crippen molar-refractivity contribution in [2.45, 2.75) is 19.8 Å². The molecule has 7 heteroatoms. The maximum atomic E-state index is 12.3. The van der Waals surface area contributed by atoms with E-state index in [9.17, 15) is 4.79 Å². The predicted molar refractivity (Wildman–Crippen MR) is 116 cm³/mol. The summed E-state index contributed by atoms with van der Waals surface area (Å²) in [6.45, 7) is 3.74. The lowest BCUT2D eigenvalue weighted by Crippen LogP contribution is -2.26. The van der Waals surface area contributed by atoms with Crippen molar-refractivity contribution in [2.24, 2.45) is 0 Å². The molecule has 1 N–H and O–H groups in total. The molecular formula is C21H23ClN2O3S. The molecule has 1 saturated heterocycles. The highest BCUT2D eigenvalue weighted by molar-refractivity contribution is 7.80. The molecule has 3 rings (SSSR count). The second kappa shape index (κ2) is 9.26. The Balaban J connectivity index is 1.64. The quantitative estimate of drug-likeness (QED) is 0.702. The van der Waals surface area contributed by atoms with Crippen LogP contribution in [0.3, 0.4) is 0 Å². The zero-order valence-electron chi connectivity index (χ0n) is 16.0. The van der Waals surface area contributed by atoms with Crippen LogP contribution < -0.4 is 14.8 Å². The maximum Gasteiger partial charge on any atom is 0.262 e. The SMILES string of the molecule is COc1cc(C(=S)N2CCCC2)ccc1OCC(=O)Nc1cc(Cl)ccc1C. The highest BCUT2D eigenvalue weighted by Gasteiger charge is 2.18. The van der Waals surface area contributed by atoms with Crippen LogP contribution in [0, 0.1) is 6.92 Å². The number of rotatable bonds is 6. The molecule has 0 atom stereocenters. The van der Waals surface area contributed by atoms with Crippen molar-refractivity contribution in [3.63, 3.8) is 0 Å². The van der Waals surface area contributed by atoms with E-state index < -0.39 is 0 Å². The molecule has 0 spiro atoms. The molecule has 28 heavy (non-hydrogen) atoms. The fourth-order valence-corrected chi connectivity index (χ4v) is 3.56. The smallest absolute Gasteiger partial charge is 0.262 e. The third-order valence-corrected chi connectivity index (χ3v) is 5.37. The number of benzene rings is 2. The number of nitrogens with zero attached hydrogens (tertiary/aromatic N) is 1. The summed E-state index contributed by atoms with van der Waals surface area (Å²) < 4.78 is 11.1. The van der Waals surface area contributed by atoms with E-state index in [1.807, 2.05) is 25.1 Å². The van der Waals surface area contributed by atoms with Gasteiger partial charge < -0.3 is 19.7 Å². The number of carbonyl (C=O) groups excluding carboxylic acids is 1. The molecular weight excluding hydrogens is 396 g/mol. The molecule has 0 saturated carbocycles. The summed E-state index contributed by atoms with van der Waals surface area (Å²) in [4.78, 5) is 15.3. The summed E-state index contributed by atoms with van der Waals surface area (Å²) in [5.74, 6) is 0.767. The number of hydrogen-bond donors (Lipinski definition) is 1. The van der Waals surface area contributed by atoms with Gasteiger partial charge in [-0.25, -0.2) is 0 Å². The molecule has 1 fully saturated rings. The summed E-state index contributed by atoms with van der Waals surface area (Å²) >= 11 is 11.6. The van der Waals surface area contributed by atoms with Gasteiger partial charge in [0, 0.05) is 29.4 Å². The Bertz CT molecular complexity index is 882. The summed E-state index contributed by atoms with van der Waals surface area (Å²) in [6.07, 6.45) is 2.33. The molecule has 0 unspecified atom stereocenters. The minimum atomic E-state index is -0.274. The van der Waals surface area contributed by atoms with E-state index in [2.05, 4.69) is 10.2 Å². The molecule has 0 aliphatic carbocycles. The van der Waals surface area contributed by atoms with Crippen molar-refractivity contribution in [1.82, 2.24) is 4.90 Å². The Morgan fingerprint density at radius 2 is 1.93 bits per heavy atom. The van der Waals surface area contributed by atoms with E-state index >= 15 is 0 Å². The van der Waals surface area contributed by atoms with E-state index in [-0.39, 0.29) is 12.5 Å². The maximum absolute atomic E-state index is 12.3. The minimum absolute atomic E-state index is 0.141. The molecule has 1 aliphatic rings. The average Bonchev–Trinajstić information content (AvgIpc) is 3.23. The molecule has 2 aromatic carbocycles. The van der Waals surface area contributed by atoms with Crippen LogP contribution in [0.15, 0.2) is 36.4 Å². The lowest BCUT2D eigenvalue weighted by atomic mass is 10.2. The van der Waals surface area contributed by atoms with Crippen LogP contribution >= 0.6 is 23.8 Å². The zero-order valence-corrected chi connectivity index (χ0v) is 17.5. The molecule has 0 bridgehead atoms. The van der Waals surface area contributed by atoms with E-state index in [0.717, 1.165) is 29.2 Å². The molecule has 1 aliphatic heterocycles. The highest BCUT2D eigenvalue weighted by Crippen LogP contribution is 2.29. The first-order valence-corrected chi connectivity index (χ1v) is 9.92. The summed E-state index contributed by atoms with van der Waals surface area (Å²) in [7, 11) is 1.57. The number of likely N-dealkylation sites (tertiary alicyclic amines) is 1. The van der Waals surface area contributed by atoms with Gasteiger partial charge in [-0.2, -0.15) is 0 Å². The third kappa shape index (κ3) is 4.94. The number of nitrogens with one attached hydrogen (secondary N) is 1. The fraction of sp³-hybridized carbons (Fsp3) is 0.333. The van der Waals surface area contributed by atoms with E-state index in [1.165, 1.54) is 12.8 Å². The third-order valence-electron chi connectivity index (χ3n) is 4.64. The minimum Gasteiger partial charge on any atom is -0.493 e. The van der Waals surface area contributed by atoms with Crippen LogP contribution in [0.1, 0.15) is 24.0 Å². The Morgan fingerprint density at radius 3 is 2.64 bits per heavy atom. The largest absolute Gasteiger partial charge is 0.493 e. The molecule has 1 amide bonds. The predicted octanol–water partition coefficient (Wildman–Crippen LogP) is 4.45. The highest BCUT2D eigenvalue weighted by atomic mass is 35.5. The summed E-state index contributed by atoms with van der Waals surface area (Å²) in [6, 6.07) is 10.9. The fourth-order valence-electron chi connectivity index (χ4n) is 3.08. The number of methoxy groups -OCH3 is 1. The normalized spacial score (nSPS) is 13.3. The number of halogens is 1.